The summed E-state index contributed by atoms with van der Waals surface area (Å²) >= 11 is 0. The summed E-state index contributed by atoms with van der Waals surface area (Å²) in [6.45, 7) is 1.69. The molecule has 0 bridgehead atoms. The van der Waals surface area contributed by atoms with E-state index in [1.807, 2.05) is 0 Å². The Labute approximate surface area is 89.7 Å². The summed E-state index contributed by atoms with van der Waals surface area (Å²) < 4.78 is 22.3. The van der Waals surface area contributed by atoms with Gasteiger partial charge in [0, 0.05) is 12.3 Å². The number of aliphatic hydroxyl groups excluding tert-OH is 1. The Morgan fingerprint density at radius 2 is 1.73 bits per heavy atom. The zero-order valence-electron chi connectivity index (χ0n) is 8.71. The van der Waals surface area contributed by atoms with Gasteiger partial charge in [0.1, 0.15) is 0 Å². The predicted octanol–water partition coefficient (Wildman–Crippen LogP) is 0.471. The lowest BCUT2D eigenvalue weighted by Crippen LogP contribution is -2.24. The van der Waals surface area contributed by atoms with E-state index < -0.39 is 15.9 Å². The van der Waals surface area contributed by atoms with E-state index in [1.165, 1.54) is 12.1 Å². The second-order valence-corrected chi connectivity index (χ2v) is 5.66. The van der Waals surface area contributed by atoms with Crippen molar-refractivity contribution in [1.29, 1.82) is 0 Å². The molecule has 1 aromatic carbocycles. The third-order valence-electron chi connectivity index (χ3n) is 2.15. The van der Waals surface area contributed by atoms with Gasteiger partial charge in [0.2, 0.25) is 0 Å². The maximum atomic E-state index is 11.2. The third-order valence-corrected chi connectivity index (χ3v) is 3.28. The molecule has 0 fully saturated rings. The van der Waals surface area contributed by atoms with Gasteiger partial charge < -0.3 is 10.8 Å². The molecule has 0 unspecified atom stereocenters. The van der Waals surface area contributed by atoms with E-state index in [4.69, 9.17) is 5.73 Å². The smallest absolute Gasteiger partial charge is 0.175 e. The Hall–Kier alpha value is -0.910. The molecule has 0 radical (unpaired) electrons. The first-order chi connectivity index (χ1) is 6.82. The molecule has 1 rings (SSSR count). The van der Waals surface area contributed by atoms with Crippen LogP contribution in [0.1, 0.15) is 18.6 Å². The number of benzene rings is 1. The van der Waals surface area contributed by atoms with Gasteiger partial charge in [-0.1, -0.05) is 12.1 Å². The van der Waals surface area contributed by atoms with Gasteiger partial charge in [-0.2, -0.15) is 0 Å². The number of nitrogens with two attached hydrogens (primary N) is 1. The fourth-order valence-electron chi connectivity index (χ4n) is 1.22. The van der Waals surface area contributed by atoms with Crippen molar-refractivity contribution in [3.8, 4) is 0 Å². The second-order valence-electron chi connectivity index (χ2n) is 3.65. The molecule has 84 valence electrons. The number of hydrogen-bond acceptors (Lipinski definition) is 4. The molecule has 0 amide bonds. The molecule has 0 spiro atoms. The molecule has 5 heteroatoms. The fourth-order valence-corrected chi connectivity index (χ4v) is 1.85. The minimum atomic E-state index is -3.18. The Kier molecular flexibility index (Phi) is 3.49. The Morgan fingerprint density at radius 3 is 2.07 bits per heavy atom. The molecule has 0 aliphatic rings. The minimum absolute atomic E-state index is 0.239. The van der Waals surface area contributed by atoms with E-state index in [0.717, 1.165) is 6.26 Å². The van der Waals surface area contributed by atoms with Gasteiger partial charge in [0.15, 0.2) is 9.84 Å². The number of hydrogen-bond donors (Lipinski definition) is 2. The average Bonchev–Trinajstić information content (AvgIpc) is 2.15. The van der Waals surface area contributed by atoms with Crippen molar-refractivity contribution >= 4 is 9.84 Å². The molecule has 0 saturated heterocycles. The van der Waals surface area contributed by atoms with Crippen LogP contribution in [0.2, 0.25) is 0 Å². The van der Waals surface area contributed by atoms with E-state index in [9.17, 15) is 13.5 Å². The monoisotopic (exact) mass is 229 g/mol. The van der Waals surface area contributed by atoms with Gasteiger partial charge in [0.05, 0.1) is 11.0 Å². The summed E-state index contributed by atoms with van der Waals surface area (Å²) in [5.74, 6) is 0. The van der Waals surface area contributed by atoms with Gasteiger partial charge in [-0.25, -0.2) is 8.42 Å². The van der Waals surface area contributed by atoms with E-state index in [1.54, 1.807) is 19.1 Å². The zero-order chi connectivity index (χ0) is 11.6. The molecular weight excluding hydrogens is 214 g/mol. The molecule has 2 atom stereocenters. The van der Waals surface area contributed by atoms with Gasteiger partial charge >= 0.3 is 0 Å². The Bertz CT molecular complexity index is 422. The van der Waals surface area contributed by atoms with Crippen LogP contribution >= 0.6 is 0 Å². The number of rotatable bonds is 3. The van der Waals surface area contributed by atoms with Crippen molar-refractivity contribution in [3.05, 3.63) is 29.8 Å². The lowest BCUT2D eigenvalue weighted by molar-refractivity contribution is 0.153. The van der Waals surface area contributed by atoms with Gasteiger partial charge in [-0.3, -0.25) is 0 Å². The van der Waals surface area contributed by atoms with Crippen molar-refractivity contribution in [3.63, 3.8) is 0 Å². The van der Waals surface area contributed by atoms with Crippen LogP contribution in [0.5, 0.6) is 0 Å². The normalized spacial score (nSPS) is 16.0. The molecule has 0 saturated carbocycles. The van der Waals surface area contributed by atoms with Crippen LogP contribution in [0.4, 0.5) is 0 Å². The standard InChI is InChI=1S/C10H15NO3S/c1-7(11)10(12)8-3-5-9(6-4-8)15(2,13)14/h3-7,10,12H,11H2,1-2H3/t7-,10+/m0/s1. The molecule has 15 heavy (non-hydrogen) atoms. The lowest BCUT2D eigenvalue weighted by atomic mass is 10.0. The molecule has 4 nitrogen and oxygen atoms in total. The first-order valence-corrected chi connectivity index (χ1v) is 6.45. The number of sulfone groups is 1. The van der Waals surface area contributed by atoms with Crippen molar-refractivity contribution in [2.75, 3.05) is 6.26 Å². The summed E-state index contributed by atoms with van der Waals surface area (Å²) in [5.41, 5.74) is 6.15. The topological polar surface area (TPSA) is 80.4 Å². The van der Waals surface area contributed by atoms with E-state index in [2.05, 4.69) is 0 Å². The van der Waals surface area contributed by atoms with Crippen molar-refractivity contribution < 1.29 is 13.5 Å². The van der Waals surface area contributed by atoms with Crippen LogP contribution < -0.4 is 5.73 Å². The van der Waals surface area contributed by atoms with Crippen LogP contribution in [0.3, 0.4) is 0 Å². The van der Waals surface area contributed by atoms with Crippen LogP contribution in [-0.4, -0.2) is 25.8 Å². The van der Waals surface area contributed by atoms with Crippen molar-refractivity contribution in [2.45, 2.75) is 24.0 Å². The second kappa shape index (κ2) is 4.30. The molecule has 0 heterocycles. The van der Waals surface area contributed by atoms with Gasteiger partial charge in [-0.15, -0.1) is 0 Å². The van der Waals surface area contributed by atoms with Gasteiger partial charge in [0.25, 0.3) is 0 Å². The zero-order valence-corrected chi connectivity index (χ0v) is 9.53. The molecule has 0 aliphatic heterocycles. The maximum absolute atomic E-state index is 11.2. The highest BCUT2D eigenvalue weighted by Crippen LogP contribution is 2.18. The predicted molar refractivity (Wildman–Crippen MR) is 58.2 cm³/mol. The highest BCUT2D eigenvalue weighted by atomic mass is 32.2. The summed E-state index contributed by atoms with van der Waals surface area (Å²) in [6.07, 6.45) is 0.378. The fraction of sp³-hybridized carbons (Fsp3) is 0.400. The maximum Gasteiger partial charge on any atom is 0.175 e. The highest BCUT2D eigenvalue weighted by molar-refractivity contribution is 7.90. The SMILES string of the molecule is C[C@H](N)[C@@H](O)c1ccc(S(C)(=O)=O)cc1. The third kappa shape index (κ3) is 3.02. The van der Waals surface area contributed by atoms with Crippen LogP contribution in [0, 0.1) is 0 Å². The van der Waals surface area contributed by atoms with Gasteiger partial charge in [-0.05, 0) is 24.6 Å². The average molecular weight is 229 g/mol. The molecule has 3 N–H and O–H groups in total. The largest absolute Gasteiger partial charge is 0.387 e. The summed E-state index contributed by atoms with van der Waals surface area (Å²) in [5, 5.41) is 9.62. The van der Waals surface area contributed by atoms with Crippen LogP contribution in [0.25, 0.3) is 0 Å². The highest BCUT2D eigenvalue weighted by Gasteiger charge is 2.13. The lowest BCUT2D eigenvalue weighted by Gasteiger charge is -2.14. The number of aliphatic hydroxyl groups is 1. The first-order valence-electron chi connectivity index (χ1n) is 4.56. The first kappa shape index (κ1) is 12.2. The van der Waals surface area contributed by atoms with Crippen molar-refractivity contribution in [1.82, 2.24) is 0 Å². The Morgan fingerprint density at radius 1 is 1.27 bits per heavy atom. The minimum Gasteiger partial charge on any atom is -0.387 e. The Balaban J connectivity index is 3.01. The molecule has 1 aromatic rings. The van der Waals surface area contributed by atoms with Crippen LogP contribution in [-0.2, 0) is 9.84 Å². The quantitative estimate of drug-likeness (QED) is 0.789. The summed E-state index contributed by atoms with van der Waals surface area (Å²) in [6, 6.07) is 5.70. The summed E-state index contributed by atoms with van der Waals surface area (Å²) in [7, 11) is -3.18. The van der Waals surface area contributed by atoms with Crippen molar-refractivity contribution in [2.24, 2.45) is 5.73 Å². The molecule has 0 aromatic heterocycles. The summed E-state index contributed by atoms with van der Waals surface area (Å²) in [4.78, 5) is 0.239. The van der Waals surface area contributed by atoms with E-state index in [-0.39, 0.29) is 10.9 Å². The van der Waals surface area contributed by atoms with E-state index in [0.29, 0.717) is 5.56 Å². The molecule has 0 aliphatic carbocycles. The molecular formula is C10H15NO3S. The van der Waals surface area contributed by atoms with Crippen LogP contribution in [0.15, 0.2) is 29.2 Å². The van der Waals surface area contributed by atoms with E-state index >= 15 is 0 Å².